The summed E-state index contributed by atoms with van der Waals surface area (Å²) < 4.78 is 5.29. The van der Waals surface area contributed by atoms with Crippen molar-refractivity contribution < 1.29 is 14.3 Å². The lowest BCUT2D eigenvalue weighted by Crippen LogP contribution is -2.52. The number of amides is 1. The molecule has 0 radical (unpaired) electrons. The fourth-order valence-corrected chi connectivity index (χ4v) is 2.56. The van der Waals surface area contributed by atoms with Gasteiger partial charge in [0, 0.05) is 6.42 Å². The van der Waals surface area contributed by atoms with Crippen LogP contribution in [0.2, 0.25) is 0 Å². The zero-order valence-electron chi connectivity index (χ0n) is 13.7. The average Bonchev–Trinajstić information content (AvgIpc) is 3.07. The number of carbonyl (C=O) groups excluding carboxylic acids is 2. The second-order valence-corrected chi connectivity index (χ2v) is 7.39. The van der Waals surface area contributed by atoms with Crippen LogP contribution in [0.15, 0.2) is 0 Å². The van der Waals surface area contributed by atoms with Crippen molar-refractivity contribution in [2.24, 2.45) is 11.3 Å². The molecule has 1 rings (SSSR count). The molecule has 1 unspecified atom stereocenters. The third-order valence-corrected chi connectivity index (χ3v) is 3.85. The summed E-state index contributed by atoms with van der Waals surface area (Å²) in [6, 6.07) is -0.454. The Labute approximate surface area is 122 Å². The maximum atomic E-state index is 12.4. The summed E-state index contributed by atoms with van der Waals surface area (Å²) in [5.41, 5.74) is -0.755. The molecule has 1 aliphatic carbocycles. The van der Waals surface area contributed by atoms with E-state index in [1.807, 2.05) is 27.7 Å². The number of ketones is 1. The molecule has 20 heavy (non-hydrogen) atoms. The number of alkyl carbamates (subject to hydrolysis) is 1. The Morgan fingerprint density at radius 2 is 1.75 bits per heavy atom. The number of hydrogen-bond acceptors (Lipinski definition) is 3. The van der Waals surface area contributed by atoms with Crippen LogP contribution in [0.5, 0.6) is 0 Å². The minimum absolute atomic E-state index is 0.107. The zero-order valence-corrected chi connectivity index (χ0v) is 13.7. The topological polar surface area (TPSA) is 55.4 Å². The lowest BCUT2D eigenvalue weighted by atomic mass is 9.77. The lowest BCUT2D eigenvalue weighted by Gasteiger charge is -2.34. The Morgan fingerprint density at radius 1 is 1.20 bits per heavy atom. The van der Waals surface area contributed by atoms with Gasteiger partial charge >= 0.3 is 6.09 Å². The number of carbonyl (C=O) groups is 2. The van der Waals surface area contributed by atoms with E-state index in [9.17, 15) is 9.59 Å². The Hall–Kier alpha value is -1.06. The van der Waals surface area contributed by atoms with Crippen LogP contribution in [-0.2, 0) is 9.53 Å². The number of Topliss-reactive ketones (excluding diaryl/α,β-unsaturated/α-hetero) is 1. The normalized spacial score (nSPS) is 17.5. The van der Waals surface area contributed by atoms with Crippen LogP contribution in [0.3, 0.4) is 0 Å². The number of ether oxygens (including phenoxy) is 1. The smallest absolute Gasteiger partial charge is 0.408 e. The van der Waals surface area contributed by atoms with Gasteiger partial charge in [-0.2, -0.15) is 0 Å². The van der Waals surface area contributed by atoms with Gasteiger partial charge in [-0.05, 0) is 51.4 Å². The van der Waals surface area contributed by atoms with Gasteiger partial charge in [0.05, 0.1) is 6.04 Å². The molecule has 0 spiro atoms. The average molecular weight is 283 g/mol. The Morgan fingerprint density at radius 3 is 2.15 bits per heavy atom. The molecule has 0 heterocycles. The van der Waals surface area contributed by atoms with Gasteiger partial charge in [-0.25, -0.2) is 4.79 Å². The van der Waals surface area contributed by atoms with Gasteiger partial charge in [-0.1, -0.05) is 20.8 Å². The number of nitrogens with one attached hydrogen (secondary N) is 1. The molecule has 116 valence electrons. The summed E-state index contributed by atoms with van der Waals surface area (Å²) >= 11 is 0. The van der Waals surface area contributed by atoms with Crippen LogP contribution in [0.4, 0.5) is 4.79 Å². The van der Waals surface area contributed by atoms with E-state index in [0.29, 0.717) is 12.3 Å². The van der Waals surface area contributed by atoms with E-state index in [-0.39, 0.29) is 11.2 Å². The van der Waals surface area contributed by atoms with Gasteiger partial charge in [0.15, 0.2) is 5.78 Å². The van der Waals surface area contributed by atoms with Gasteiger partial charge in [0.2, 0.25) is 0 Å². The van der Waals surface area contributed by atoms with Crippen molar-refractivity contribution in [3.63, 3.8) is 0 Å². The third kappa shape index (κ3) is 4.80. The van der Waals surface area contributed by atoms with E-state index >= 15 is 0 Å². The highest BCUT2D eigenvalue weighted by molar-refractivity contribution is 5.88. The van der Waals surface area contributed by atoms with Crippen molar-refractivity contribution in [2.75, 3.05) is 0 Å². The molecular formula is C16H29NO3. The molecule has 0 aromatic carbocycles. The van der Waals surface area contributed by atoms with Crippen molar-refractivity contribution >= 4 is 11.9 Å². The highest BCUT2D eigenvalue weighted by Gasteiger charge is 2.46. The van der Waals surface area contributed by atoms with Crippen molar-refractivity contribution in [3.8, 4) is 0 Å². The molecule has 0 aromatic heterocycles. The molecule has 4 nitrogen and oxygen atoms in total. The Bertz CT molecular complexity index is 364. The van der Waals surface area contributed by atoms with E-state index in [2.05, 4.69) is 19.2 Å². The highest BCUT2D eigenvalue weighted by Crippen LogP contribution is 2.47. The first-order valence-electron chi connectivity index (χ1n) is 7.60. The first-order valence-corrected chi connectivity index (χ1v) is 7.60. The SMILES string of the molecule is CCCC(=O)C(NC(=O)OC(C)(C)C)C(C)(C)C1CC1. The predicted octanol–water partition coefficient (Wildman–Crippen LogP) is 3.69. The van der Waals surface area contributed by atoms with Gasteiger partial charge in [-0.3, -0.25) is 4.79 Å². The third-order valence-electron chi connectivity index (χ3n) is 3.85. The first-order chi connectivity index (χ1) is 9.08. The number of hydrogen-bond donors (Lipinski definition) is 1. The second kappa shape index (κ2) is 6.15. The highest BCUT2D eigenvalue weighted by atomic mass is 16.6. The maximum Gasteiger partial charge on any atom is 0.408 e. The van der Waals surface area contributed by atoms with E-state index in [4.69, 9.17) is 4.74 Å². The minimum Gasteiger partial charge on any atom is -0.444 e. The van der Waals surface area contributed by atoms with Crippen LogP contribution in [-0.4, -0.2) is 23.5 Å². The zero-order chi connectivity index (χ0) is 15.6. The maximum absolute atomic E-state index is 12.4. The van der Waals surface area contributed by atoms with Crippen LogP contribution >= 0.6 is 0 Å². The summed E-state index contributed by atoms with van der Waals surface area (Å²) in [7, 11) is 0. The van der Waals surface area contributed by atoms with Gasteiger partial charge < -0.3 is 10.1 Å². The van der Waals surface area contributed by atoms with Crippen LogP contribution in [0.25, 0.3) is 0 Å². The largest absolute Gasteiger partial charge is 0.444 e. The van der Waals surface area contributed by atoms with Crippen LogP contribution < -0.4 is 5.32 Å². The van der Waals surface area contributed by atoms with E-state index in [0.717, 1.165) is 19.3 Å². The standard InChI is InChI=1S/C16H29NO3/c1-7-8-12(18)13(16(5,6)11-9-10-11)17-14(19)20-15(2,3)4/h11,13H,7-10H2,1-6H3,(H,17,19). The quantitative estimate of drug-likeness (QED) is 0.809. The van der Waals surface area contributed by atoms with E-state index in [1.165, 1.54) is 0 Å². The van der Waals surface area contributed by atoms with E-state index in [1.54, 1.807) is 0 Å². The monoisotopic (exact) mass is 283 g/mol. The predicted molar refractivity (Wildman–Crippen MR) is 79.6 cm³/mol. The Kier molecular flexibility index (Phi) is 5.22. The molecule has 0 saturated heterocycles. The molecule has 0 bridgehead atoms. The molecule has 1 saturated carbocycles. The number of rotatable bonds is 6. The summed E-state index contributed by atoms with van der Waals surface area (Å²) in [6.45, 7) is 11.6. The lowest BCUT2D eigenvalue weighted by molar-refractivity contribution is -0.124. The van der Waals surface area contributed by atoms with Gasteiger partial charge in [0.25, 0.3) is 0 Å². The molecule has 0 aliphatic heterocycles. The van der Waals surface area contributed by atoms with Crippen LogP contribution in [0.1, 0.15) is 67.2 Å². The molecule has 1 fully saturated rings. The molecular weight excluding hydrogens is 254 g/mol. The fraction of sp³-hybridized carbons (Fsp3) is 0.875. The summed E-state index contributed by atoms with van der Waals surface area (Å²) in [4.78, 5) is 24.3. The molecule has 1 N–H and O–H groups in total. The van der Waals surface area contributed by atoms with Gasteiger partial charge in [-0.15, -0.1) is 0 Å². The fourth-order valence-electron chi connectivity index (χ4n) is 2.56. The van der Waals surface area contributed by atoms with Crippen molar-refractivity contribution in [2.45, 2.75) is 78.9 Å². The van der Waals surface area contributed by atoms with E-state index < -0.39 is 17.7 Å². The minimum atomic E-state index is -0.549. The first kappa shape index (κ1) is 17.0. The van der Waals surface area contributed by atoms with Gasteiger partial charge in [0.1, 0.15) is 5.60 Å². The molecule has 1 aliphatic rings. The summed E-state index contributed by atoms with van der Waals surface area (Å²) in [5.74, 6) is 0.624. The van der Waals surface area contributed by atoms with Crippen LogP contribution in [0, 0.1) is 11.3 Å². The Balaban J connectivity index is 2.77. The molecule has 0 aromatic rings. The van der Waals surface area contributed by atoms with Crippen molar-refractivity contribution in [1.29, 1.82) is 0 Å². The summed E-state index contributed by atoms with van der Waals surface area (Å²) in [5, 5.41) is 2.81. The second-order valence-electron chi connectivity index (χ2n) is 7.39. The molecule has 1 amide bonds. The van der Waals surface area contributed by atoms with Crippen molar-refractivity contribution in [1.82, 2.24) is 5.32 Å². The van der Waals surface area contributed by atoms with Crippen molar-refractivity contribution in [3.05, 3.63) is 0 Å². The summed E-state index contributed by atoms with van der Waals surface area (Å²) in [6.07, 6.45) is 3.07. The molecule has 4 heteroatoms. The molecule has 1 atom stereocenters.